The smallest absolute Gasteiger partial charge is 0.277 e. The topological polar surface area (TPSA) is 9.23 Å². The standard InChI is InChI=1S/C11H8F3O/c12-11(13,14)15-10-7-3-5-8-4-1-2-6-9(8)10/h1-6H,7H2. The summed E-state index contributed by atoms with van der Waals surface area (Å²) in [6.07, 6.45) is -1.04. The van der Waals surface area contributed by atoms with E-state index >= 15 is 0 Å². The molecule has 0 N–H and O–H groups in total. The Kier molecular flexibility index (Phi) is 2.52. The van der Waals surface area contributed by atoms with Gasteiger partial charge in [0.15, 0.2) is 0 Å². The van der Waals surface area contributed by atoms with E-state index in [9.17, 15) is 13.2 Å². The maximum Gasteiger partial charge on any atom is 0.523 e. The molecule has 15 heavy (non-hydrogen) atoms. The van der Waals surface area contributed by atoms with Gasteiger partial charge in [0, 0.05) is 6.42 Å². The molecule has 0 aliphatic heterocycles. The van der Waals surface area contributed by atoms with Gasteiger partial charge in [0.2, 0.25) is 0 Å². The van der Waals surface area contributed by atoms with Crippen LogP contribution in [0.4, 0.5) is 13.2 Å². The van der Waals surface area contributed by atoms with E-state index in [1.165, 1.54) is 0 Å². The Morgan fingerprint density at radius 3 is 2.60 bits per heavy atom. The molecule has 1 aromatic rings. The lowest BCUT2D eigenvalue weighted by molar-refractivity contribution is -0.317. The van der Waals surface area contributed by atoms with Crippen LogP contribution in [0.2, 0.25) is 0 Å². The number of hydrogen-bond donors (Lipinski definition) is 0. The highest BCUT2D eigenvalue weighted by Crippen LogP contribution is 2.34. The van der Waals surface area contributed by atoms with Crippen LogP contribution in [0.15, 0.2) is 30.3 Å². The molecular formula is C11H8F3O. The van der Waals surface area contributed by atoms with Crippen molar-refractivity contribution in [1.29, 1.82) is 0 Å². The molecule has 0 amide bonds. The molecule has 1 aliphatic rings. The van der Waals surface area contributed by atoms with E-state index in [1.807, 2.05) is 0 Å². The first-order valence-electron chi connectivity index (χ1n) is 4.44. The van der Waals surface area contributed by atoms with E-state index in [0.29, 0.717) is 5.56 Å². The van der Waals surface area contributed by atoms with Crippen LogP contribution in [-0.4, -0.2) is 6.36 Å². The van der Waals surface area contributed by atoms with Crippen LogP contribution >= 0.6 is 0 Å². The highest BCUT2D eigenvalue weighted by Gasteiger charge is 2.35. The molecule has 79 valence electrons. The minimum absolute atomic E-state index is 0.0411. The van der Waals surface area contributed by atoms with Gasteiger partial charge < -0.3 is 0 Å². The first-order chi connectivity index (χ1) is 7.06. The Morgan fingerprint density at radius 1 is 1.13 bits per heavy atom. The molecule has 0 atom stereocenters. The second kappa shape index (κ2) is 3.70. The summed E-state index contributed by atoms with van der Waals surface area (Å²) in [5.74, 6) is 0. The third-order valence-electron chi connectivity index (χ3n) is 2.10. The average Bonchev–Trinajstić information content (AvgIpc) is 2.16. The predicted octanol–water partition coefficient (Wildman–Crippen LogP) is 3.52. The van der Waals surface area contributed by atoms with Gasteiger partial charge in [-0.2, -0.15) is 0 Å². The van der Waals surface area contributed by atoms with Crippen molar-refractivity contribution in [2.24, 2.45) is 0 Å². The van der Waals surface area contributed by atoms with Gasteiger partial charge in [-0.15, -0.1) is 13.2 Å². The summed E-state index contributed by atoms with van der Waals surface area (Å²) in [4.78, 5) is 0. The first-order valence-corrected chi connectivity index (χ1v) is 4.44. The normalized spacial score (nSPS) is 16.5. The van der Waals surface area contributed by atoms with Crippen LogP contribution in [0.3, 0.4) is 0 Å². The molecular weight excluding hydrogens is 205 g/mol. The fourth-order valence-corrected chi connectivity index (χ4v) is 1.54. The minimum Gasteiger partial charge on any atom is -0.277 e. The van der Waals surface area contributed by atoms with Crippen LogP contribution in [0.5, 0.6) is 0 Å². The molecule has 1 nitrogen and oxygen atoms in total. The maximum atomic E-state index is 12.1. The lowest BCUT2D eigenvalue weighted by atomic mass is 9.95. The van der Waals surface area contributed by atoms with Crippen LogP contribution in [0, 0.1) is 6.10 Å². The Labute approximate surface area is 85.2 Å². The van der Waals surface area contributed by atoms with Gasteiger partial charge in [-0.1, -0.05) is 36.4 Å². The lowest BCUT2D eigenvalue weighted by Gasteiger charge is -2.21. The van der Waals surface area contributed by atoms with Crippen molar-refractivity contribution in [3.8, 4) is 0 Å². The summed E-state index contributed by atoms with van der Waals surface area (Å²) in [6.45, 7) is 0. The quantitative estimate of drug-likeness (QED) is 0.693. The number of fused-ring (bicyclic) bond motifs is 1. The molecule has 4 heteroatoms. The zero-order valence-electron chi connectivity index (χ0n) is 7.71. The lowest BCUT2D eigenvalue weighted by Crippen LogP contribution is -2.20. The number of ether oxygens (including phenoxy) is 1. The molecule has 0 heterocycles. The largest absolute Gasteiger partial charge is 0.523 e. The van der Waals surface area contributed by atoms with Gasteiger partial charge >= 0.3 is 6.36 Å². The minimum atomic E-state index is -4.62. The van der Waals surface area contributed by atoms with E-state index < -0.39 is 6.36 Å². The van der Waals surface area contributed by atoms with Gasteiger partial charge in [-0.05, 0) is 11.1 Å². The summed E-state index contributed by atoms with van der Waals surface area (Å²) in [5, 5.41) is 0. The average molecular weight is 213 g/mol. The number of rotatable bonds is 1. The molecule has 1 radical (unpaired) electrons. The van der Waals surface area contributed by atoms with Gasteiger partial charge in [0.05, 0.1) is 0 Å². The summed E-state index contributed by atoms with van der Waals surface area (Å²) >= 11 is 0. The van der Waals surface area contributed by atoms with E-state index in [2.05, 4.69) is 4.74 Å². The van der Waals surface area contributed by atoms with E-state index in [0.717, 1.165) is 5.56 Å². The maximum absolute atomic E-state index is 12.1. The molecule has 0 saturated carbocycles. The molecule has 2 rings (SSSR count). The highest BCUT2D eigenvalue weighted by molar-refractivity contribution is 5.60. The Bertz CT molecular complexity index is 382. The summed E-state index contributed by atoms with van der Waals surface area (Å²) in [7, 11) is 0. The van der Waals surface area contributed by atoms with Crippen LogP contribution < -0.4 is 0 Å². The van der Waals surface area contributed by atoms with Crippen LogP contribution in [0.25, 0.3) is 6.08 Å². The molecule has 0 bridgehead atoms. The molecule has 0 saturated heterocycles. The zero-order chi connectivity index (χ0) is 10.9. The van der Waals surface area contributed by atoms with Gasteiger partial charge in [0.25, 0.3) is 0 Å². The van der Waals surface area contributed by atoms with Crippen molar-refractivity contribution >= 4 is 6.08 Å². The summed E-state index contributed by atoms with van der Waals surface area (Å²) in [6, 6.07) is 6.85. The molecule has 0 unspecified atom stereocenters. The second-order valence-corrected chi connectivity index (χ2v) is 3.16. The number of alkyl halides is 3. The first kappa shape index (κ1) is 10.2. The fourth-order valence-electron chi connectivity index (χ4n) is 1.54. The van der Waals surface area contributed by atoms with Gasteiger partial charge in [-0.25, -0.2) is 0 Å². The number of halogens is 3. The van der Waals surface area contributed by atoms with Crippen molar-refractivity contribution in [1.82, 2.24) is 0 Å². The fraction of sp³-hybridized carbons (Fsp3) is 0.182. The van der Waals surface area contributed by atoms with Crippen molar-refractivity contribution in [2.75, 3.05) is 0 Å². The predicted molar refractivity (Wildman–Crippen MR) is 49.6 cm³/mol. The highest BCUT2D eigenvalue weighted by atomic mass is 19.4. The SMILES string of the molecule is FC(F)(F)O[C]1CC=Cc2ccccc21. The van der Waals surface area contributed by atoms with Crippen molar-refractivity contribution in [3.05, 3.63) is 47.6 Å². The zero-order valence-corrected chi connectivity index (χ0v) is 7.71. The van der Waals surface area contributed by atoms with E-state index in [1.54, 1.807) is 36.4 Å². The molecule has 0 aromatic heterocycles. The molecule has 1 aromatic carbocycles. The molecule has 0 fully saturated rings. The third kappa shape index (κ3) is 2.39. The van der Waals surface area contributed by atoms with Crippen LogP contribution in [-0.2, 0) is 4.74 Å². The van der Waals surface area contributed by atoms with Crippen molar-refractivity contribution in [2.45, 2.75) is 12.8 Å². The Morgan fingerprint density at radius 2 is 1.87 bits per heavy atom. The third-order valence-corrected chi connectivity index (χ3v) is 2.10. The van der Waals surface area contributed by atoms with Crippen molar-refractivity contribution < 1.29 is 17.9 Å². The second-order valence-electron chi connectivity index (χ2n) is 3.16. The van der Waals surface area contributed by atoms with E-state index in [-0.39, 0.29) is 12.5 Å². The van der Waals surface area contributed by atoms with E-state index in [4.69, 9.17) is 0 Å². The van der Waals surface area contributed by atoms with Crippen molar-refractivity contribution in [3.63, 3.8) is 0 Å². The Hall–Kier alpha value is -1.29. The number of benzene rings is 1. The summed E-state index contributed by atoms with van der Waals surface area (Å²) < 4.78 is 40.2. The number of hydrogen-bond acceptors (Lipinski definition) is 1. The monoisotopic (exact) mass is 213 g/mol. The van der Waals surface area contributed by atoms with Gasteiger partial charge in [0.1, 0.15) is 6.10 Å². The molecule has 0 spiro atoms. The molecule has 1 aliphatic carbocycles. The van der Waals surface area contributed by atoms with Crippen LogP contribution in [0.1, 0.15) is 17.5 Å². The van der Waals surface area contributed by atoms with Gasteiger partial charge in [-0.3, -0.25) is 4.74 Å². The summed E-state index contributed by atoms with van der Waals surface area (Å²) in [5.41, 5.74) is 1.26. The Balaban J connectivity index is 2.27.